The highest BCUT2D eigenvalue weighted by molar-refractivity contribution is 5.42. The Bertz CT molecular complexity index is 482. The Labute approximate surface area is 110 Å². The standard InChI is InChI=1S/C14H15F3N2/c15-14(16,17)13-8-11(1-2-12(13)9-18)7-10-3-5-19-6-4-10/h1-2,8,10,19H,3-7H2. The van der Waals surface area contributed by atoms with E-state index in [9.17, 15) is 13.2 Å². The van der Waals surface area contributed by atoms with Gasteiger partial charge in [0.05, 0.1) is 17.2 Å². The number of nitrogens with one attached hydrogen (secondary N) is 1. The molecule has 0 radical (unpaired) electrons. The third kappa shape index (κ3) is 3.48. The lowest BCUT2D eigenvalue weighted by molar-refractivity contribution is -0.137. The van der Waals surface area contributed by atoms with Gasteiger partial charge in [0.1, 0.15) is 0 Å². The highest BCUT2D eigenvalue weighted by atomic mass is 19.4. The first kappa shape index (κ1) is 13.9. The maximum absolute atomic E-state index is 12.8. The number of rotatable bonds is 2. The summed E-state index contributed by atoms with van der Waals surface area (Å²) in [6.45, 7) is 1.85. The summed E-state index contributed by atoms with van der Waals surface area (Å²) >= 11 is 0. The third-order valence-electron chi connectivity index (χ3n) is 3.49. The molecule has 0 bridgehead atoms. The monoisotopic (exact) mass is 268 g/mol. The van der Waals surface area contributed by atoms with Crippen LogP contribution in [0.25, 0.3) is 0 Å². The van der Waals surface area contributed by atoms with Crippen LogP contribution in [0.4, 0.5) is 13.2 Å². The molecule has 2 rings (SSSR count). The maximum atomic E-state index is 12.8. The Hall–Kier alpha value is -1.54. The van der Waals surface area contributed by atoms with Crippen molar-refractivity contribution in [1.29, 1.82) is 5.26 Å². The molecule has 0 aromatic heterocycles. The highest BCUT2D eigenvalue weighted by Gasteiger charge is 2.33. The van der Waals surface area contributed by atoms with Crippen molar-refractivity contribution in [1.82, 2.24) is 5.32 Å². The van der Waals surface area contributed by atoms with Crippen LogP contribution in [0.3, 0.4) is 0 Å². The number of nitriles is 1. The van der Waals surface area contributed by atoms with Gasteiger partial charge in [-0.1, -0.05) is 6.07 Å². The number of piperidine rings is 1. The zero-order chi connectivity index (χ0) is 13.9. The van der Waals surface area contributed by atoms with Gasteiger partial charge in [-0.05, 0) is 56.0 Å². The number of nitrogens with zero attached hydrogens (tertiary/aromatic N) is 1. The van der Waals surface area contributed by atoms with Crippen LogP contribution in [0.5, 0.6) is 0 Å². The van der Waals surface area contributed by atoms with Gasteiger partial charge in [0, 0.05) is 0 Å². The lowest BCUT2D eigenvalue weighted by Crippen LogP contribution is -2.28. The average molecular weight is 268 g/mol. The summed E-state index contributed by atoms with van der Waals surface area (Å²) in [6, 6.07) is 5.64. The van der Waals surface area contributed by atoms with E-state index in [0.29, 0.717) is 17.9 Å². The molecular weight excluding hydrogens is 253 g/mol. The largest absolute Gasteiger partial charge is 0.417 e. The molecule has 1 aliphatic heterocycles. The Kier molecular flexibility index (Phi) is 4.11. The molecular formula is C14H15F3N2. The van der Waals surface area contributed by atoms with Crippen molar-refractivity contribution in [3.8, 4) is 6.07 Å². The van der Waals surface area contributed by atoms with Gasteiger partial charge in [-0.15, -0.1) is 0 Å². The van der Waals surface area contributed by atoms with Crippen molar-refractivity contribution in [2.24, 2.45) is 5.92 Å². The summed E-state index contributed by atoms with van der Waals surface area (Å²) in [5.41, 5.74) is -0.457. The van der Waals surface area contributed by atoms with E-state index in [1.54, 1.807) is 12.1 Å². The van der Waals surface area contributed by atoms with Crippen molar-refractivity contribution in [2.75, 3.05) is 13.1 Å². The van der Waals surface area contributed by atoms with Gasteiger partial charge in [0.25, 0.3) is 0 Å². The second-order valence-electron chi connectivity index (χ2n) is 4.89. The van der Waals surface area contributed by atoms with Crippen molar-refractivity contribution < 1.29 is 13.2 Å². The summed E-state index contributed by atoms with van der Waals surface area (Å²) in [4.78, 5) is 0. The van der Waals surface area contributed by atoms with Gasteiger partial charge >= 0.3 is 6.18 Å². The second-order valence-corrected chi connectivity index (χ2v) is 4.89. The first-order chi connectivity index (χ1) is 9.00. The van der Waals surface area contributed by atoms with Crippen molar-refractivity contribution in [3.05, 3.63) is 34.9 Å². The average Bonchev–Trinajstić information content (AvgIpc) is 2.39. The molecule has 0 unspecified atom stereocenters. The Morgan fingerprint density at radius 2 is 1.95 bits per heavy atom. The Morgan fingerprint density at radius 3 is 2.53 bits per heavy atom. The van der Waals surface area contributed by atoms with Gasteiger partial charge in [-0.25, -0.2) is 0 Å². The molecule has 1 fully saturated rings. The van der Waals surface area contributed by atoms with E-state index in [1.807, 2.05) is 0 Å². The van der Waals surface area contributed by atoms with E-state index in [4.69, 9.17) is 5.26 Å². The fourth-order valence-corrected chi connectivity index (χ4v) is 2.47. The van der Waals surface area contributed by atoms with Crippen LogP contribution in [-0.4, -0.2) is 13.1 Å². The zero-order valence-corrected chi connectivity index (χ0v) is 10.4. The molecule has 5 heteroatoms. The molecule has 0 atom stereocenters. The number of benzene rings is 1. The first-order valence-electron chi connectivity index (χ1n) is 6.31. The molecule has 1 heterocycles. The van der Waals surface area contributed by atoms with E-state index in [0.717, 1.165) is 32.0 Å². The smallest absolute Gasteiger partial charge is 0.317 e. The van der Waals surface area contributed by atoms with Crippen LogP contribution in [-0.2, 0) is 12.6 Å². The van der Waals surface area contributed by atoms with Crippen LogP contribution in [0.15, 0.2) is 18.2 Å². The van der Waals surface area contributed by atoms with Crippen LogP contribution in [0.2, 0.25) is 0 Å². The predicted octanol–water partition coefficient (Wildman–Crippen LogP) is 3.12. The minimum Gasteiger partial charge on any atom is -0.317 e. The minimum atomic E-state index is -4.46. The molecule has 2 nitrogen and oxygen atoms in total. The van der Waals surface area contributed by atoms with E-state index in [2.05, 4.69) is 5.32 Å². The fraction of sp³-hybridized carbons (Fsp3) is 0.500. The summed E-state index contributed by atoms with van der Waals surface area (Å²) < 4.78 is 38.5. The quantitative estimate of drug-likeness (QED) is 0.894. The van der Waals surface area contributed by atoms with E-state index in [-0.39, 0.29) is 5.56 Å². The summed E-state index contributed by atoms with van der Waals surface area (Å²) in [6.07, 6.45) is -1.84. The molecule has 102 valence electrons. The molecule has 19 heavy (non-hydrogen) atoms. The lowest BCUT2D eigenvalue weighted by Gasteiger charge is -2.23. The lowest BCUT2D eigenvalue weighted by atomic mass is 9.90. The Balaban J connectivity index is 2.20. The molecule has 1 aromatic rings. The number of alkyl halides is 3. The van der Waals surface area contributed by atoms with Gasteiger partial charge in [-0.3, -0.25) is 0 Å². The SMILES string of the molecule is N#Cc1ccc(CC2CCNCC2)cc1C(F)(F)F. The minimum absolute atomic E-state index is 0.304. The van der Waals surface area contributed by atoms with Crippen molar-refractivity contribution in [3.63, 3.8) is 0 Å². The van der Waals surface area contributed by atoms with Crippen molar-refractivity contribution in [2.45, 2.75) is 25.4 Å². The zero-order valence-electron chi connectivity index (χ0n) is 10.4. The second kappa shape index (κ2) is 5.62. The van der Waals surface area contributed by atoms with Gasteiger partial charge in [0.2, 0.25) is 0 Å². The molecule has 0 aliphatic carbocycles. The van der Waals surface area contributed by atoms with Gasteiger partial charge < -0.3 is 5.32 Å². The number of halogens is 3. The number of hydrogen-bond donors (Lipinski definition) is 1. The van der Waals surface area contributed by atoms with Gasteiger partial charge in [-0.2, -0.15) is 18.4 Å². The molecule has 1 N–H and O–H groups in total. The Morgan fingerprint density at radius 1 is 1.26 bits per heavy atom. The first-order valence-corrected chi connectivity index (χ1v) is 6.31. The predicted molar refractivity (Wildman–Crippen MR) is 65.5 cm³/mol. The molecule has 0 amide bonds. The summed E-state index contributed by atoms with van der Waals surface area (Å²) in [7, 11) is 0. The molecule has 1 aromatic carbocycles. The molecule has 0 spiro atoms. The molecule has 1 saturated heterocycles. The van der Waals surface area contributed by atoms with Crippen LogP contribution in [0, 0.1) is 17.2 Å². The van der Waals surface area contributed by atoms with E-state index >= 15 is 0 Å². The third-order valence-corrected chi connectivity index (χ3v) is 3.49. The van der Waals surface area contributed by atoms with Gasteiger partial charge in [0.15, 0.2) is 0 Å². The normalized spacial score (nSPS) is 17.2. The highest BCUT2D eigenvalue weighted by Crippen LogP contribution is 2.33. The fourth-order valence-electron chi connectivity index (χ4n) is 2.47. The van der Waals surface area contributed by atoms with Crippen LogP contribution >= 0.6 is 0 Å². The number of hydrogen-bond acceptors (Lipinski definition) is 2. The van der Waals surface area contributed by atoms with E-state index in [1.165, 1.54) is 6.07 Å². The van der Waals surface area contributed by atoms with E-state index < -0.39 is 11.7 Å². The van der Waals surface area contributed by atoms with Crippen LogP contribution < -0.4 is 5.32 Å². The maximum Gasteiger partial charge on any atom is 0.417 e. The topological polar surface area (TPSA) is 35.8 Å². The summed E-state index contributed by atoms with van der Waals surface area (Å²) in [5.74, 6) is 0.426. The summed E-state index contributed by atoms with van der Waals surface area (Å²) in [5, 5.41) is 12.0. The van der Waals surface area contributed by atoms with Crippen molar-refractivity contribution >= 4 is 0 Å². The van der Waals surface area contributed by atoms with Crippen LogP contribution in [0.1, 0.15) is 29.5 Å². The molecule has 1 aliphatic rings. The molecule has 0 saturated carbocycles.